The van der Waals surface area contributed by atoms with Crippen molar-refractivity contribution in [2.75, 3.05) is 0 Å². The molecule has 0 radical (unpaired) electrons. The van der Waals surface area contributed by atoms with Gasteiger partial charge in [0.1, 0.15) is 11.5 Å². The molecule has 1 aromatic heterocycles. The highest BCUT2D eigenvalue weighted by Crippen LogP contribution is 2.33. The number of aromatic nitrogens is 1. The van der Waals surface area contributed by atoms with Gasteiger partial charge in [0.15, 0.2) is 5.17 Å². The van der Waals surface area contributed by atoms with Gasteiger partial charge in [-0.1, -0.05) is 18.2 Å². The van der Waals surface area contributed by atoms with Crippen LogP contribution < -0.4 is 5.32 Å². The van der Waals surface area contributed by atoms with Crippen molar-refractivity contribution in [1.82, 2.24) is 10.3 Å². The number of benzene rings is 2. The van der Waals surface area contributed by atoms with Crippen LogP contribution in [-0.4, -0.2) is 16.1 Å². The Bertz CT molecular complexity index is 1080. The van der Waals surface area contributed by atoms with Crippen molar-refractivity contribution in [2.45, 2.75) is 0 Å². The van der Waals surface area contributed by atoms with Gasteiger partial charge in [-0.05, 0) is 69.7 Å². The summed E-state index contributed by atoms with van der Waals surface area (Å²) in [5.41, 5.74) is 1.94. The fourth-order valence-electron chi connectivity index (χ4n) is 2.51. The number of rotatable bonds is 2. The molecular formula is C19H11BrFN3OS. The Kier molecular flexibility index (Phi) is 4.57. The van der Waals surface area contributed by atoms with Crippen LogP contribution in [0.1, 0.15) is 5.56 Å². The van der Waals surface area contributed by atoms with Gasteiger partial charge in [0, 0.05) is 16.1 Å². The molecule has 128 valence electrons. The Hall–Kier alpha value is -2.51. The molecule has 4 rings (SSSR count). The molecule has 3 aromatic rings. The summed E-state index contributed by atoms with van der Waals surface area (Å²) in [5.74, 6) is -0.714. The number of amidine groups is 1. The van der Waals surface area contributed by atoms with E-state index in [0.717, 1.165) is 16.5 Å². The van der Waals surface area contributed by atoms with Gasteiger partial charge in [-0.15, -0.1) is 0 Å². The topological polar surface area (TPSA) is 54.4 Å². The summed E-state index contributed by atoms with van der Waals surface area (Å²) >= 11 is 4.45. The highest BCUT2D eigenvalue weighted by atomic mass is 79.9. The van der Waals surface area contributed by atoms with Crippen molar-refractivity contribution >= 4 is 61.4 Å². The second-order valence-electron chi connectivity index (χ2n) is 5.51. The van der Waals surface area contributed by atoms with E-state index >= 15 is 0 Å². The van der Waals surface area contributed by atoms with Crippen molar-refractivity contribution in [2.24, 2.45) is 4.99 Å². The first kappa shape index (κ1) is 16.9. The number of para-hydroxylation sites is 1. The van der Waals surface area contributed by atoms with Gasteiger partial charge in [-0.25, -0.2) is 9.38 Å². The summed E-state index contributed by atoms with van der Waals surface area (Å²) in [4.78, 5) is 21.2. The maximum atomic E-state index is 13.9. The van der Waals surface area contributed by atoms with Crippen LogP contribution in [0.5, 0.6) is 0 Å². The Balaban J connectivity index is 1.65. The van der Waals surface area contributed by atoms with Crippen molar-refractivity contribution in [3.63, 3.8) is 0 Å². The van der Waals surface area contributed by atoms with Crippen LogP contribution in [0.15, 0.2) is 69.1 Å². The number of thioether (sulfide) groups is 1. The molecule has 26 heavy (non-hydrogen) atoms. The van der Waals surface area contributed by atoms with Gasteiger partial charge in [-0.3, -0.25) is 9.78 Å². The van der Waals surface area contributed by atoms with Gasteiger partial charge < -0.3 is 5.32 Å². The normalized spacial score (nSPS) is 17.2. The lowest BCUT2D eigenvalue weighted by Crippen LogP contribution is -2.19. The van der Waals surface area contributed by atoms with E-state index in [4.69, 9.17) is 0 Å². The van der Waals surface area contributed by atoms with Gasteiger partial charge >= 0.3 is 0 Å². The molecule has 1 fully saturated rings. The predicted molar refractivity (Wildman–Crippen MR) is 107 cm³/mol. The van der Waals surface area contributed by atoms with Crippen LogP contribution in [0, 0.1) is 5.82 Å². The summed E-state index contributed by atoms with van der Waals surface area (Å²) in [5, 5.41) is 4.01. The number of carbonyl (C=O) groups is 1. The number of nitrogens with one attached hydrogen (secondary N) is 1. The SMILES string of the molecule is O=C1NC(=Nc2c(F)cccc2Br)S/C1=C/c1ccc2ncccc2c1. The Morgan fingerprint density at radius 1 is 1.19 bits per heavy atom. The first-order valence-corrected chi connectivity index (χ1v) is 9.29. The molecular weight excluding hydrogens is 417 g/mol. The Morgan fingerprint density at radius 3 is 2.92 bits per heavy atom. The minimum Gasteiger partial charge on any atom is -0.300 e. The average molecular weight is 428 g/mol. The highest BCUT2D eigenvalue weighted by molar-refractivity contribution is 9.10. The molecule has 0 atom stereocenters. The molecule has 1 aliphatic heterocycles. The zero-order chi connectivity index (χ0) is 18.1. The second kappa shape index (κ2) is 7.01. The smallest absolute Gasteiger partial charge is 0.264 e. The number of aliphatic imine (C=N–C) groups is 1. The van der Waals surface area contributed by atoms with Crippen LogP contribution >= 0.6 is 27.7 Å². The quantitative estimate of drug-likeness (QED) is 0.583. The third-order valence-corrected chi connectivity index (χ3v) is 5.28. The first-order valence-electron chi connectivity index (χ1n) is 7.68. The molecule has 2 aromatic carbocycles. The monoisotopic (exact) mass is 427 g/mol. The molecule has 0 saturated carbocycles. The minimum absolute atomic E-state index is 0.160. The van der Waals surface area contributed by atoms with E-state index in [1.54, 1.807) is 24.4 Å². The maximum Gasteiger partial charge on any atom is 0.264 e. The molecule has 0 unspecified atom stereocenters. The molecule has 0 aliphatic carbocycles. The third kappa shape index (κ3) is 3.40. The average Bonchev–Trinajstić information content (AvgIpc) is 2.97. The van der Waals surface area contributed by atoms with Crippen LogP contribution in [0.3, 0.4) is 0 Å². The summed E-state index contributed by atoms with van der Waals surface area (Å²) in [6.07, 6.45) is 3.52. The van der Waals surface area contributed by atoms with Crippen molar-refractivity contribution < 1.29 is 9.18 Å². The lowest BCUT2D eigenvalue weighted by molar-refractivity contribution is -0.115. The maximum absolute atomic E-state index is 13.9. The van der Waals surface area contributed by atoms with Gasteiger partial charge in [0.25, 0.3) is 5.91 Å². The molecule has 1 N–H and O–H groups in total. The minimum atomic E-state index is -0.457. The largest absolute Gasteiger partial charge is 0.300 e. The number of fused-ring (bicyclic) bond motifs is 1. The van der Waals surface area contributed by atoms with E-state index in [1.165, 1.54) is 17.8 Å². The third-order valence-electron chi connectivity index (χ3n) is 3.73. The molecule has 0 spiro atoms. The van der Waals surface area contributed by atoms with E-state index in [1.807, 2.05) is 30.3 Å². The predicted octanol–water partition coefficient (Wildman–Crippen LogP) is 5.03. The fourth-order valence-corrected chi connectivity index (χ4v) is 3.77. The summed E-state index contributed by atoms with van der Waals surface area (Å²) < 4.78 is 14.4. The molecule has 4 nitrogen and oxygen atoms in total. The van der Waals surface area contributed by atoms with Gasteiger partial charge in [0.05, 0.1) is 10.4 Å². The summed E-state index contributed by atoms with van der Waals surface area (Å²) in [6, 6.07) is 14.2. The van der Waals surface area contributed by atoms with Crippen LogP contribution in [0.25, 0.3) is 17.0 Å². The summed E-state index contributed by atoms with van der Waals surface area (Å²) in [7, 11) is 0. The molecule has 7 heteroatoms. The van der Waals surface area contributed by atoms with Crippen LogP contribution in [-0.2, 0) is 4.79 Å². The standard InChI is InChI=1S/C19H11BrFN3OS/c20-13-4-1-5-14(21)17(13)23-19-24-18(25)16(26-19)10-11-6-7-15-12(9-11)3-2-8-22-15/h1-10H,(H,23,24,25)/b16-10+. The molecule has 1 saturated heterocycles. The number of amides is 1. The van der Waals surface area contributed by atoms with Crippen LogP contribution in [0.2, 0.25) is 0 Å². The number of halogens is 2. The lowest BCUT2D eigenvalue weighted by Gasteiger charge is -2.01. The van der Waals surface area contributed by atoms with E-state index in [0.29, 0.717) is 14.5 Å². The van der Waals surface area contributed by atoms with E-state index in [9.17, 15) is 9.18 Å². The van der Waals surface area contributed by atoms with E-state index in [-0.39, 0.29) is 11.6 Å². The highest BCUT2D eigenvalue weighted by Gasteiger charge is 2.24. The van der Waals surface area contributed by atoms with Crippen molar-refractivity contribution in [1.29, 1.82) is 0 Å². The van der Waals surface area contributed by atoms with Gasteiger partial charge in [0.2, 0.25) is 0 Å². The van der Waals surface area contributed by atoms with E-state index < -0.39 is 5.82 Å². The lowest BCUT2D eigenvalue weighted by atomic mass is 10.1. The fraction of sp³-hybridized carbons (Fsp3) is 0. The Labute approximate surface area is 161 Å². The molecule has 1 amide bonds. The summed E-state index contributed by atoms with van der Waals surface area (Å²) in [6.45, 7) is 0. The number of hydrogen-bond acceptors (Lipinski definition) is 4. The van der Waals surface area contributed by atoms with Gasteiger partial charge in [-0.2, -0.15) is 0 Å². The number of carbonyl (C=O) groups excluding carboxylic acids is 1. The number of nitrogens with zero attached hydrogens (tertiary/aromatic N) is 2. The van der Waals surface area contributed by atoms with Crippen molar-refractivity contribution in [3.05, 3.63) is 75.5 Å². The zero-order valence-corrected chi connectivity index (χ0v) is 15.6. The molecule has 0 bridgehead atoms. The number of hydrogen-bond donors (Lipinski definition) is 1. The zero-order valence-electron chi connectivity index (χ0n) is 13.2. The number of pyridine rings is 1. The van der Waals surface area contributed by atoms with E-state index in [2.05, 4.69) is 31.2 Å². The second-order valence-corrected chi connectivity index (χ2v) is 7.39. The first-order chi connectivity index (χ1) is 12.6. The Morgan fingerprint density at radius 2 is 2.08 bits per heavy atom. The molecule has 1 aliphatic rings. The van der Waals surface area contributed by atoms with Crippen molar-refractivity contribution in [3.8, 4) is 0 Å². The van der Waals surface area contributed by atoms with Crippen LogP contribution in [0.4, 0.5) is 10.1 Å². The molecule has 2 heterocycles.